The zero-order chi connectivity index (χ0) is 17.9. The zero-order valence-corrected chi connectivity index (χ0v) is 15.3. The number of carbonyl (C=O) groups excluding carboxylic acids is 1. The Balaban J connectivity index is 1.83. The Labute approximate surface area is 150 Å². The van der Waals surface area contributed by atoms with Gasteiger partial charge in [-0.25, -0.2) is 0 Å². The predicted octanol–water partition coefficient (Wildman–Crippen LogP) is 4.48. The lowest BCUT2D eigenvalue weighted by atomic mass is 9.75. The van der Waals surface area contributed by atoms with Gasteiger partial charge in [-0.15, -0.1) is 0 Å². The Morgan fingerprint density at radius 2 is 1.76 bits per heavy atom. The van der Waals surface area contributed by atoms with Crippen LogP contribution in [0, 0.1) is 19.3 Å². The molecule has 0 atom stereocenters. The van der Waals surface area contributed by atoms with Gasteiger partial charge in [0.15, 0.2) is 0 Å². The molecule has 25 heavy (non-hydrogen) atoms. The molecule has 132 valence electrons. The summed E-state index contributed by atoms with van der Waals surface area (Å²) in [6.07, 6.45) is 2.15. The molecule has 3 heteroatoms. The number of hydrogen-bond acceptors (Lipinski definition) is 3. The predicted molar refractivity (Wildman–Crippen MR) is 99.6 cm³/mol. The first-order valence-electron chi connectivity index (χ1n) is 8.87. The number of aryl methyl sites for hydroxylation is 2. The molecule has 0 N–H and O–H groups in total. The van der Waals surface area contributed by atoms with Crippen LogP contribution in [-0.2, 0) is 20.7 Å². The van der Waals surface area contributed by atoms with Crippen LogP contribution in [0.1, 0.15) is 29.5 Å². The van der Waals surface area contributed by atoms with E-state index in [0.717, 1.165) is 12.8 Å². The first-order valence-corrected chi connectivity index (χ1v) is 8.87. The van der Waals surface area contributed by atoms with Gasteiger partial charge in [0, 0.05) is 13.2 Å². The molecule has 2 aromatic rings. The molecule has 1 saturated heterocycles. The Kier molecular flexibility index (Phi) is 5.24. The first kappa shape index (κ1) is 17.7. The molecule has 2 aromatic carbocycles. The highest BCUT2D eigenvalue weighted by Gasteiger charge is 2.41. The summed E-state index contributed by atoms with van der Waals surface area (Å²) in [4.78, 5) is 12.4. The SMILES string of the molecule is COC(=O)C1(Cc2ccc(-c3ccc(C)cc3C)cc2)CCOCC1. The van der Waals surface area contributed by atoms with E-state index in [2.05, 4.69) is 56.3 Å². The molecular weight excluding hydrogens is 312 g/mol. The van der Waals surface area contributed by atoms with Crippen molar-refractivity contribution >= 4 is 5.97 Å². The van der Waals surface area contributed by atoms with E-state index in [0.29, 0.717) is 19.6 Å². The fraction of sp³-hybridized carbons (Fsp3) is 0.409. The maximum absolute atomic E-state index is 12.4. The minimum atomic E-state index is -0.450. The quantitative estimate of drug-likeness (QED) is 0.771. The normalized spacial score (nSPS) is 16.4. The van der Waals surface area contributed by atoms with E-state index in [-0.39, 0.29) is 5.97 Å². The highest BCUT2D eigenvalue weighted by atomic mass is 16.5. The summed E-state index contributed by atoms with van der Waals surface area (Å²) >= 11 is 0. The summed E-state index contributed by atoms with van der Waals surface area (Å²) in [5, 5.41) is 0. The van der Waals surface area contributed by atoms with Crippen molar-refractivity contribution in [2.45, 2.75) is 33.1 Å². The molecule has 1 fully saturated rings. The van der Waals surface area contributed by atoms with Crippen LogP contribution in [0.25, 0.3) is 11.1 Å². The fourth-order valence-electron chi connectivity index (χ4n) is 3.76. The smallest absolute Gasteiger partial charge is 0.312 e. The summed E-state index contributed by atoms with van der Waals surface area (Å²) in [5.74, 6) is -0.116. The summed E-state index contributed by atoms with van der Waals surface area (Å²) in [6.45, 7) is 5.50. The first-order chi connectivity index (χ1) is 12.0. The van der Waals surface area contributed by atoms with Crippen LogP contribution in [0.4, 0.5) is 0 Å². The fourth-order valence-corrected chi connectivity index (χ4v) is 3.76. The molecule has 0 aliphatic carbocycles. The molecular formula is C22H26O3. The van der Waals surface area contributed by atoms with Gasteiger partial charge in [-0.3, -0.25) is 4.79 Å². The summed E-state index contributed by atoms with van der Waals surface area (Å²) < 4.78 is 10.5. The van der Waals surface area contributed by atoms with Crippen molar-refractivity contribution in [3.8, 4) is 11.1 Å². The second kappa shape index (κ2) is 7.40. The average molecular weight is 338 g/mol. The molecule has 0 spiro atoms. The van der Waals surface area contributed by atoms with Crippen molar-refractivity contribution in [1.29, 1.82) is 0 Å². The standard InChI is InChI=1S/C22H26O3/c1-16-4-9-20(17(2)14-16)19-7-5-18(6-8-19)15-22(21(23)24-3)10-12-25-13-11-22/h4-9,14H,10-13,15H2,1-3H3. The molecule has 1 aliphatic rings. The molecule has 1 aliphatic heterocycles. The lowest BCUT2D eigenvalue weighted by molar-refractivity contribution is -0.158. The molecule has 0 bridgehead atoms. The van der Waals surface area contributed by atoms with E-state index in [9.17, 15) is 4.79 Å². The molecule has 0 saturated carbocycles. The molecule has 3 nitrogen and oxygen atoms in total. The molecule has 0 unspecified atom stereocenters. The lowest BCUT2D eigenvalue weighted by Gasteiger charge is -2.34. The van der Waals surface area contributed by atoms with Crippen molar-refractivity contribution in [2.24, 2.45) is 5.41 Å². The van der Waals surface area contributed by atoms with Crippen LogP contribution in [0.3, 0.4) is 0 Å². The molecule has 0 amide bonds. The van der Waals surface area contributed by atoms with Gasteiger partial charge in [-0.05, 0) is 55.4 Å². The number of rotatable bonds is 4. The summed E-state index contributed by atoms with van der Waals surface area (Å²) in [6, 6.07) is 15.1. The van der Waals surface area contributed by atoms with Crippen molar-refractivity contribution in [2.75, 3.05) is 20.3 Å². The number of benzene rings is 2. The van der Waals surface area contributed by atoms with Gasteiger partial charge >= 0.3 is 5.97 Å². The van der Waals surface area contributed by atoms with Crippen LogP contribution in [-0.4, -0.2) is 26.3 Å². The van der Waals surface area contributed by atoms with Gasteiger partial charge in [0.2, 0.25) is 0 Å². The molecule has 0 radical (unpaired) electrons. The number of carbonyl (C=O) groups is 1. The Bertz CT molecular complexity index is 740. The van der Waals surface area contributed by atoms with Crippen LogP contribution in [0.2, 0.25) is 0 Å². The minimum Gasteiger partial charge on any atom is -0.469 e. The van der Waals surface area contributed by atoms with Gasteiger partial charge in [0.25, 0.3) is 0 Å². The summed E-state index contributed by atoms with van der Waals surface area (Å²) in [7, 11) is 1.48. The highest BCUT2D eigenvalue weighted by Crippen LogP contribution is 2.36. The van der Waals surface area contributed by atoms with Crippen LogP contribution in [0.5, 0.6) is 0 Å². The molecule has 3 rings (SSSR count). The Morgan fingerprint density at radius 3 is 2.36 bits per heavy atom. The van der Waals surface area contributed by atoms with Crippen molar-refractivity contribution < 1.29 is 14.3 Å². The van der Waals surface area contributed by atoms with Crippen LogP contribution < -0.4 is 0 Å². The minimum absolute atomic E-state index is 0.116. The van der Waals surface area contributed by atoms with Gasteiger partial charge in [-0.1, -0.05) is 48.0 Å². The van der Waals surface area contributed by atoms with Crippen LogP contribution >= 0.6 is 0 Å². The molecule has 0 aromatic heterocycles. The third-order valence-corrected chi connectivity index (χ3v) is 5.26. The van der Waals surface area contributed by atoms with Crippen LogP contribution in [0.15, 0.2) is 42.5 Å². The number of esters is 1. The monoisotopic (exact) mass is 338 g/mol. The topological polar surface area (TPSA) is 35.5 Å². The number of ether oxygens (including phenoxy) is 2. The third-order valence-electron chi connectivity index (χ3n) is 5.26. The van der Waals surface area contributed by atoms with E-state index in [1.807, 2.05) is 0 Å². The van der Waals surface area contributed by atoms with E-state index in [1.165, 1.54) is 34.9 Å². The Morgan fingerprint density at radius 1 is 1.08 bits per heavy atom. The largest absolute Gasteiger partial charge is 0.469 e. The van der Waals surface area contributed by atoms with Gasteiger partial charge in [-0.2, -0.15) is 0 Å². The van der Waals surface area contributed by atoms with E-state index < -0.39 is 5.41 Å². The van der Waals surface area contributed by atoms with Gasteiger partial charge in [0.05, 0.1) is 12.5 Å². The molecule has 1 heterocycles. The Hall–Kier alpha value is -2.13. The van der Waals surface area contributed by atoms with Crippen molar-refractivity contribution in [3.63, 3.8) is 0 Å². The van der Waals surface area contributed by atoms with Crippen molar-refractivity contribution in [1.82, 2.24) is 0 Å². The van der Waals surface area contributed by atoms with E-state index >= 15 is 0 Å². The van der Waals surface area contributed by atoms with Crippen molar-refractivity contribution in [3.05, 3.63) is 59.2 Å². The second-order valence-electron chi connectivity index (χ2n) is 7.08. The number of hydrogen-bond donors (Lipinski definition) is 0. The second-order valence-corrected chi connectivity index (χ2v) is 7.08. The number of methoxy groups -OCH3 is 1. The van der Waals surface area contributed by atoms with E-state index in [4.69, 9.17) is 9.47 Å². The lowest BCUT2D eigenvalue weighted by Crippen LogP contribution is -2.40. The zero-order valence-electron chi connectivity index (χ0n) is 15.3. The van der Waals surface area contributed by atoms with E-state index in [1.54, 1.807) is 0 Å². The maximum Gasteiger partial charge on any atom is 0.312 e. The third kappa shape index (κ3) is 3.77. The summed E-state index contributed by atoms with van der Waals surface area (Å²) in [5.41, 5.74) is 5.74. The highest BCUT2D eigenvalue weighted by molar-refractivity contribution is 5.77. The van der Waals surface area contributed by atoms with Gasteiger partial charge in [0.1, 0.15) is 0 Å². The van der Waals surface area contributed by atoms with Gasteiger partial charge < -0.3 is 9.47 Å². The average Bonchev–Trinajstić information content (AvgIpc) is 2.63. The maximum atomic E-state index is 12.4.